The molecule has 2 atom stereocenters. The molecule has 0 saturated heterocycles. The van der Waals surface area contributed by atoms with Crippen molar-refractivity contribution in [2.24, 2.45) is 5.73 Å². The number of rotatable bonds is 7. The fourth-order valence-corrected chi connectivity index (χ4v) is 2.83. The Hall–Kier alpha value is -0.420. The van der Waals surface area contributed by atoms with Crippen LogP contribution in [-0.4, -0.2) is 43.8 Å². The standard InChI is InChI=1S/C13H24N2OS/c1-11(8-12-6-5-7-17-12)15(3)13(2,9-14)10-16-4/h5-7,11H,8-10,14H2,1-4H3. The summed E-state index contributed by atoms with van der Waals surface area (Å²) < 4.78 is 5.29. The van der Waals surface area contributed by atoms with E-state index in [4.69, 9.17) is 10.5 Å². The first kappa shape index (κ1) is 14.6. The molecule has 4 heteroatoms. The molecule has 2 unspecified atom stereocenters. The van der Waals surface area contributed by atoms with Crippen LogP contribution in [0.3, 0.4) is 0 Å². The Morgan fingerprint density at radius 3 is 2.76 bits per heavy atom. The van der Waals surface area contributed by atoms with Gasteiger partial charge in [0.2, 0.25) is 0 Å². The number of methoxy groups -OCH3 is 1. The largest absolute Gasteiger partial charge is 0.383 e. The minimum Gasteiger partial charge on any atom is -0.383 e. The van der Waals surface area contributed by atoms with Crippen LogP contribution in [0, 0.1) is 0 Å². The highest BCUT2D eigenvalue weighted by molar-refractivity contribution is 7.09. The summed E-state index contributed by atoms with van der Waals surface area (Å²) in [6.45, 7) is 5.66. The van der Waals surface area contributed by atoms with Gasteiger partial charge in [-0.1, -0.05) is 6.07 Å². The average Bonchev–Trinajstić information content (AvgIpc) is 2.81. The van der Waals surface area contributed by atoms with Crippen molar-refractivity contribution in [3.63, 3.8) is 0 Å². The first-order valence-corrected chi connectivity index (χ1v) is 6.86. The molecule has 0 saturated carbocycles. The predicted molar refractivity (Wildman–Crippen MR) is 74.6 cm³/mol. The zero-order valence-electron chi connectivity index (χ0n) is 11.3. The second-order valence-electron chi connectivity index (χ2n) is 4.88. The third kappa shape index (κ3) is 3.78. The van der Waals surface area contributed by atoms with E-state index in [9.17, 15) is 0 Å². The minimum absolute atomic E-state index is 0.0918. The number of thiophene rings is 1. The second-order valence-corrected chi connectivity index (χ2v) is 5.91. The van der Waals surface area contributed by atoms with Crippen molar-refractivity contribution in [1.29, 1.82) is 0 Å². The lowest BCUT2D eigenvalue weighted by molar-refractivity contribution is 0.0221. The Balaban J connectivity index is 2.63. The third-order valence-corrected chi connectivity index (χ3v) is 4.38. The Kier molecular flexibility index (Phi) is 5.59. The van der Waals surface area contributed by atoms with Gasteiger partial charge in [0, 0.05) is 24.6 Å². The van der Waals surface area contributed by atoms with Crippen LogP contribution in [-0.2, 0) is 11.2 Å². The monoisotopic (exact) mass is 256 g/mol. The summed E-state index contributed by atoms with van der Waals surface area (Å²) in [5.41, 5.74) is 5.79. The van der Waals surface area contributed by atoms with Crippen molar-refractivity contribution < 1.29 is 4.74 Å². The van der Waals surface area contributed by atoms with Gasteiger partial charge < -0.3 is 10.5 Å². The summed E-state index contributed by atoms with van der Waals surface area (Å²) in [7, 11) is 3.86. The molecule has 0 fully saturated rings. The number of nitrogens with two attached hydrogens (primary N) is 1. The molecular formula is C13H24N2OS. The van der Waals surface area contributed by atoms with Crippen molar-refractivity contribution in [2.45, 2.75) is 31.8 Å². The van der Waals surface area contributed by atoms with E-state index in [1.54, 1.807) is 7.11 Å². The molecule has 0 spiro atoms. The maximum absolute atomic E-state index is 5.89. The van der Waals surface area contributed by atoms with E-state index in [0.29, 0.717) is 19.2 Å². The van der Waals surface area contributed by atoms with Gasteiger partial charge in [-0.15, -0.1) is 11.3 Å². The van der Waals surface area contributed by atoms with E-state index in [1.807, 2.05) is 11.3 Å². The van der Waals surface area contributed by atoms with Crippen LogP contribution < -0.4 is 5.73 Å². The number of nitrogens with zero attached hydrogens (tertiary/aromatic N) is 1. The van der Waals surface area contributed by atoms with E-state index in [0.717, 1.165) is 6.42 Å². The molecule has 2 N–H and O–H groups in total. The zero-order valence-corrected chi connectivity index (χ0v) is 12.1. The summed E-state index contributed by atoms with van der Waals surface area (Å²) in [6, 6.07) is 4.74. The molecule has 1 aromatic heterocycles. The molecule has 3 nitrogen and oxygen atoms in total. The van der Waals surface area contributed by atoms with Crippen molar-refractivity contribution in [3.8, 4) is 0 Å². The Morgan fingerprint density at radius 2 is 2.29 bits per heavy atom. The molecule has 0 aliphatic rings. The van der Waals surface area contributed by atoms with Gasteiger partial charge in [0.25, 0.3) is 0 Å². The molecule has 1 heterocycles. The van der Waals surface area contributed by atoms with Gasteiger partial charge in [-0.25, -0.2) is 0 Å². The summed E-state index contributed by atoms with van der Waals surface area (Å²) in [4.78, 5) is 3.75. The van der Waals surface area contributed by atoms with Gasteiger partial charge in [0.1, 0.15) is 0 Å². The van der Waals surface area contributed by atoms with Gasteiger partial charge >= 0.3 is 0 Å². The van der Waals surface area contributed by atoms with E-state index in [-0.39, 0.29) is 5.54 Å². The molecule has 17 heavy (non-hydrogen) atoms. The van der Waals surface area contributed by atoms with Crippen LogP contribution in [0.1, 0.15) is 18.7 Å². The number of hydrogen-bond acceptors (Lipinski definition) is 4. The molecule has 0 bridgehead atoms. The van der Waals surface area contributed by atoms with Crippen molar-refractivity contribution in [1.82, 2.24) is 4.90 Å². The smallest absolute Gasteiger partial charge is 0.0656 e. The minimum atomic E-state index is -0.0918. The molecule has 1 aromatic rings. The number of hydrogen-bond donors (Lipinski definition) is 1. The van der Waals surface area contributed by atoms with E-state index < -0.39 is 0 Å². The normalized spacial score (nSPS) is 17.1. The molecule has 1 rings (SSSR count). The third-order valence-electron chi connectivity index (χ3n) is 3.48. The molecule has 0 radical (unpaired) electrons. The van der Waals surface area contributed by atoms with Crippen molar-refractivity contribution >= 4 is 11.3 Å². The molecule has 0 amide bonds. The van der Waals surface area contributed by atoms with Gasteiger partial charge in [-0.2, -0.15) is 0 Å². The highest BCUT2D eigenvalue weighted by Crippen LogP contribution is 2.20. The van der Waals surface area contributed by atoms with Gasteiger partial charge in [0.05, 0.1) is 12.1 Å². The first-order chi connectivity index (χ1) is 8.03. The highest BCUT2D eigenvalue weighted by atomic mass is 32.1. The number of likely N-dealkylation sites (N-methyl/N-ethyl adjacent to an activating group) is 1. The summed E-state index contributed by atoms with van der Waals surface area (Å²) >= 11 is 1.81. The predicted octanol–water partition coefficient (Wildman–Crippen LogP) is 1.97. The summed E-state index contributed by atoms with van der Waals surface area (Å²) in [6.07, 6.45) is 1.06. The summed E-state index contributed by atoms with van der Waals surface area (Å²) in [5, 5.41) is 2.12. The van der Waals surface area contributed by atoms with Gasteiger partial charge in [-0.3, -0.25) is 4.90 Å². The molecule has 0 aliphatic carbocycles. The fraction of sp³-hybridized carbons (Fsp3) is 0.692. The highest BCUT2D eigenvalue weighted by Gasteiger charge is 2.30. The van der Waals surface area contributed by atoms with E-state index in [2.05, 4.69) is 43.3 Å². The second kappa shape index (κ2) is 6.50. The SMILES string of the molecule is COCC(C)(CN)N(C)C(C)Cc1cccs1. The van der Waals surface area contributed by atoms with Crippen LogP contribution in [0.5, 0.6) is 0 Å². The van der Waals surface area contributed by atoms with Crippen LogP contribution in [0.2, 0.25) is 0 Å². The fourth-order valence-electron chi connectivity index (χ4n) is 2.00. The lowest BCUT2D eigenvalue weighted by atomic mass is 9.98. The average molecular weight is 256 g/mol. The Labute approximate surface area is 109 Å². The van der Waals surface area contributed by atoms with Crippen molar-refractivity contribution in [3.05, 3.63) is 22.4 Å². The number of ether oxygens (including phenoxy) is 1. The molecule has 0 aliphatic heterocycles. The van der Waals surface area contributed by atoms with Crippen LogP contribution in [0.4, 0.5) is 0 Å². The topological polar surface area (TPSA) is 38.5 Å². The maximum atomic E-state index is 5.89. The Morgan fingerprint density at radius 1 is 1.59 bits per heavy atom. The quantitative estimate of drug-likeness (QED) is 0.810. The maximum Gasteiger partial charge on any atom is 0.0656 e. The Bertz CT molecular complexity index is 315. The van der Waals surface area contributed by atoms with Crippen LogP contribution in [0.15, 0.2) is 17.5 Å². The van der Waals surface area contributed by atoms with E-state index >= 15 is 0 Å². The van der Waals surface area contributed by atoms with Crippen LogP contribution >= 0.6 is 11.3 Å². The van der Waals surface area contributed by atoms with E-state index in [1.165, 1.54) is 4.88 Å². The first-order valence-electron chi connectivity index (χ1n) is 5.98. The summed E-state index contributed by atoms with van der Waals surface area (Å²) in [5.74, 6) is 0. The molecule has 98 valence electrons. The molecular weight excluding hydrogens is 232 g/mol. The lowest BCUT2D eigenvalue weighted by Gasteiger charge is -2.41. The van der Waals surface area contributed by atoms with Crippen molar-refractivity contribution in [2.75, 3.05) is 27.3 Å². The van der Waals surface area contributed by atoms with Gasteiger partial charge in [0.15, 0.2) is 0 Å². The van der Waals surface area contributed by atoms with Crippen LogP contribution in [0.25, 0.3) is 0 Å². The van der Waals surface area contributed by atoms with Gasteiger partial charge in [-0.05, 0) is 38.8 Å². The lowest BCUT2D eigenvalue weighted by Crippen LogP contribution is -2.56. The zero-order chi connectivity index (χ0) is 12.9. The molecule has 0 aromatic carbocycles.